The van der Waals surface area contributed by atoms with Crippen molar-refractivity contribution in [3.05, 3.63) is 0 Å². The maximum atomic E-state index is 10.4. The molecule has 0 atom stereocenters. The molecule has 6 heteroatoms. The molecule has 0 unspecified atom stereocenters. The molecular formula is C3H6NO2PS2. The fourth-order valence-electron chi connectivity index (χ4n) is 0.216. The summed E-state index contributed by atoms with van der Waals surface area (Å²) in [5, 5.41) is 0. The smallest absolute Gasteiger partial charge is 0.417 e. The normalized spacial score (nSPS) is 9.00. The zero-order valence-corrected chi connectivity index (χ0v) is 7.31. The van der Waals surface area contributed by atoms with Gasteiger partial charge in [0.2, 0.25) is 0 Å². The van der Waals surface area contributed by atoms with Crippen molar-refractivity contribution in [2.75, 3.05) is 6.61 Å². The summed E-state index contributed by atoms with van der Waals surface area (Å²) in [5.41, 5.74) is 0. The zero-order chi connectivity index (χ0) is 7.11. The number of rotatable bonds is 3. The molecule has 0 aliphatic carbocycles. The van der Waals surface area contributed by atoms with E-state index in [1.807, 2.05) is 0 Å². The summed E-state index contributed by atoms with van der Waals surface area (Å²) in [7, 11) is 0. The molecule has 0 saturated heterocycles. The van der Waals surface area contributed by atoms with E-state index in [-0.39, 0.29) is 0 Å². The number of hydrogen-bond acceptors (Lipinski definition) is 4. The Balaban J connectivity index is 3.16. The van der Waals surface area contributed by atoms with Crippen molar-refractivity contribution in [1.82, 2.24) is 4.72 Å². The quantitative estimate of drug-likeness (QED) is 0.534. The summed E-state index contributed by atoms with van der Waals surface area (Å²) in [4.78, 5) is 10.4. The summed E-state index contributed by atoms with van der Waals surface area (Å²) >= 11 is 5.64. The van der Waals surface area contributed by atoms with Gasteiger partial charge in [0.25, 0.3) is 0 Å². The molecule has 0 aromatic carbocycles. The zero-order valence-electron chi connectivity index (χ0n) is 4.79. The van der Waals surface area contributed by atoms with E-state index in [0.717, 1.165) is 11.6 Å². The van der Waals surface area contributed by atoms with Crippen molar-refractivity contribution in [1.29, 1.82) is 0 Å². The second kappa shape index (κ2) is 6.26. The van der Waals surface area contributed by atoms with E-state index >= 15 is 0 Å². The summed E-state index contributed by atoms with van der Waals surface area (Å²) in [6, 6.07) is 0. The fraction of sp³-hybridized carbons (Fsp3) is 0.667. The number of hydrogen-bond donors (Lipinski definition) is 1. The molecule has 9 heavy (non-hydrogen) atoms. The van der Waals surface area contributed by atoms with Gasteiger partial charge < -0.3 is 4.74 Å². The van der Waals surface area contributed by atoms with Gasteiger partial charge >= 0.3 is 6.09 Å². The van der Waals surface area contributed by atoms with Crippen LogP contribution in [0.1, 0.15) is 6.92 Å². The average molecular weight is 183 g/mol. The van der Waals surface area contributed by atoms with Crippen LogP contribution in [0.25, 0.3) is 0 Å². The van der Waals surface area contributed by atoms with Gasteiger partial charge in [0, 0.05) is 11.6 Å². The van der Waals surface area contributed by atoms with Crippen LogP contribution in [0.3, 0.4) is 0 Å². The van der Waals surface area contributed by atoms with Gasteiger partial charge in [-0.1, -0.05) is 0 Å². The second-order valence-corrected chi connectivity index (χ2v) is 3.86. The Morgan fingerprint density at radius 1 is 2.00 bits per heavy atom. The van der Waals surface area contributed by atoms with Crippen molar-refractivity contribution in [2.24, 2.45) is 0 Å². The molecule has 0 fully saturated rings. The minimum Gasteiger partial charge on any atom is -0.449 e. The van der Waals surface area contributed by atoms with Crippen molar-refractivity contribution < 1.29 is 9.53 Å². The third-order valence-corrected chi connectivity index (χ3v) is 1.94. The van der Waals surface area contributed by atoms with Crippen LogP contribution in [0.2, 0.25) is 0 Å². The Kier molecular flexibility index (Phi) is 6.36. The standard InChI is InChI=1S/C3H6NO2PS2/c1-2-6-3(5)4-9-7-8/h2H2,1H3,(H,4,5). The average Bonchev–Trinajstić information content (AvgIpc) is 1.85. The van der Waals surface area contributed by atoms with Crippen LogP contribution in [0.5, 0.6) is 0 Å². The molecule has 0 rings (SSSR count). The molecule has 0 aliphatic rings. The first-order chi connectivity index (χ1) is 4.31. The molecule has 0 heterocycles. The molecule has 0 aromatic rings. The van der Waals surface area contributed by atoms with Gasteiger partial charge in [-0.05, 0) is 18.7 Å². The third kappa shape index (κ3) is 6.02. The fourth-order valence-corrected chi connectivity index (χ4v) is 1.06. The van der Waals surface area contributed by atoms with Gasteiger partial charge in [0.15, 0.2) is 0 Å². The van der Waals surface area contributed by atoms with Crippen molar-refractivity contribution >= 4 is 36.0 Å². The number of ether oxygens (including phenoxy) is 1. The van der Waals surface area contributed by atoms with E-state index in [0.29, 0.717) is 13.2 Å². The first kappa shape index (κ1) is 9.14. The van der Waals surface area contributed by atoms with Gasteiger partial charge in [0.05, 0.1) is 13.2 Å². The minimum absolute atomic E-state index is 0.390. The minimum atomic E-state index is -0.431. The predicted molar refractivity (Wildman–Crippen MR) is 42.0 cm³/mol. The molecule has 1 N–H and O–H groups in total. The topological polar surface area (TPSA) is 38.3 Å². The van der Waals surface area contributed by atoms with Crippen LogP contribution in [0.4, 0.5) is 4.79 Å². The van der Waals surface area contributed by atoms with Gasteiger partial charge in [-0.2, -0.15) is 0 Å². The Bertz CT molecular complexity index is 110. The van der Waals surface area contributed by atoms with Gasteiger partial charge in [0.1, 0.15) is 0 Å². The van der Waals surface area contributed by atoms with Crippen LogP contribution in [-0.4, -0.2) is 12.7 Å². The Hall–Kier alpha value is 0.140. The first-order valence-corrected chi connectivity index (χ1v) is 5.55. The lowest BCUT2D eigenvalue weighted by molar-refractivity contribution is 0.159. The van der Waals surface area contributed by atoms with Crippen LogP contribution in [0.15, 0.2) is 0 Å². The van der Waals surface area contributed by atoms with Crippen molar-refractivity contribution in [3.63, 3.8) is 0 Å². The highest BCUT2D eigenvalue weighted by atomic mass is 32.9. The highest BCUT2D eigenvalue weighted by Crippen LogP contribution is 2.11. The van der Waals surface area contributed by atoms with E-state index in [1.165, 1.54) is 0 Å². The lowest BCUT2D eigenvalue weighted by atomic mass is 10.9. The van der Waals surface area contributed by atoms with E-state index < -0.39 is 6.09 Å². The molecule has 0 aliphatic heterocycles. The summed E-state index contributed by atoms with van der Waals surface area (Å²) in [6.07, 6.45) is -0.431. The largest absolute Gasteiger partial charge is 0.449 e. The van der Waals surface area contributed by atoms with Crippen LogP contribution in [-0.2, 0) is 16.5 Å². The monoisotopic (exact) mass is 183 g/mol. The SMILES string of the molecule is CCOC(=O)NSP=S. The molecule has 0 bridgehead atoms. The Labute approximate surface area is 64.3 Å². The lowest BCUT2D eigenvalue weighted by Crippen LogP contribution is -2.15. The highest BCUT2D eigenvalue weighted by molar-refractivity contribution is 8.57. The molecule has 0 radical (unpaired) electrons. The molecule has 1 amide bonds. The molecule has 0 aromatic heterocycles. The van der Waals surface area contributed by atoms with E-state index in [1.54, 1.807) is 6.92 Å². The molecule has 0 spiro atoms. The maximum absolute atomic E-state index is 10.4. The number of carbonyl (C=O) groups excluding carboxylic acids is 1. The summed E-state index contributed by atoms with van der Waals surface area (Å²) in [5.74, 6) is 0. The Morgan fingerprint density at radius 2 is 2.67 bits per heavy atom. The lowest BCUT2D eigenvalue weighted by Gasteiger charge is -1.97. The summed E-state index contributed by atoms with van der Waals surface area (Å²) in [6.45, 7) is 2.78. The van der Waals surface area contributed by atoms with E-state index in [2.05, 4.69) is 21.3 Å². The van der Waals surface area contributed by atoms with Gasteiger partial charge in [-0.25, -0.2) is 4.79 Å². The number of amides is 1. The van der Waals surface area contributed by atoms with E-state index in [4.69, 9.17) is 0 Å². The van der Waals surface area contributed by atoms with Gasteiger partial charge in [-0.3, -0.25) is 4.72 Å². The summed E-state index contributed by atoms with van der Waals surface area (Å²) < 4.78 is 6.89. The second-order valence-electron chi connectivity index (χ2n) is 0.988. The molecular weight excluding hydrogens is 177 g/mol. The van der Waals surface area contributed by atoms with Crippen LogP contribution < -0.4 is 4.72 Å². The first-order valence-electron chi connectivity index (χ1n) is 2.22. The highest BCUT2D eigenvalue weighted by Gasteiger charge is 1.95. The Morgan fingerprint density at radius 3 is 3.11 bits per heavy atom. The van der Waals surface area contributed by atoms with Gasteiger partial charge in [-0.15, -0.1) is 0 Å². The van der Waals surface area contributed by atoms with E-state index in [9.17, 15) is 4.79 Å². The predicted octanol–water partition coefficient (Wildman–Crippen LogP) is 1.70. The maximum Gasteiger partial charge on any atom is 0.417 e. The molecule has 52 valence electrons. The number of carbonyl (C=O) groups is 1. The molecule has 0 saturated carbocycles. The van der Waals surface area contributed by atoms with Crippen molar-refractivity contribution in [2.45, 2.75) is 6.92 Å². The number of nitrogens with one attached hydrogen (secondary N) is 1. The van der Waals surface area contributed by atoms with Crippen molar-refractivity contribution in [3.8, 4) is 0 Å². The van der Waals surface area contributed by atoms with Crippen LogP contribution in [0, 0.1) is 0 Å². The molecule has 3 nitrogen and oxygen atoms in total. The third-order valence-electron chi connectivity index (χ3n) is 0.442. The van der Waals surface area contributed by atoms with Crippen LogP contribution >= 0.6 is 18.1 Å².